The highest BCUT2D eigenvalue weighted by molar-refractivity contribution is 7.89. The molecule has 1 aliphatic heterocycles. The molecule has 1 fully saturated rings. The Morgan fingerprint density at radius 2 is 2.00 bits per heavy atom. The SMILES string of the molecule is COc1ccc(S(=O)(=O)N2CCCC(C(=O)N(Cc3ccco3)c3nc4c(C)cccc4s3)C2)cc1. The Kier molecular flexibility index (Phi) is 6.83. The van der Waals surface area contributed by atoms with Crippen LogP contribution in [0, 0.1) is 12.8 Å². The summed E-state index contributed by atoms with van der Waals surface area (Å²) in [7, 11) is -2.21. The zero-order valence-electron chi connectivity index (χ0n) is 20.1. The highest BCUT2D eigenvalue weighted by Gasteiger charge is 2.36. The summed E-state index contributed by atoms with van der Waals surface area (Å²) >= 11 is 1.45. The first-order chi connectivity index (χ1) is 17.4. The van der Waals surface area contributed by atoms with E-state index in [4.69, 9.17) is 14.1 Å². The number of furan rings is 1. The Labute approximate surface area is 214 Å². The van der Waals surface area contributed by atoms with Gasteiger partial charge >= 0.3 is 0 Å². The van der Waals surface area contributed by atoms with Crippen LogP contribution in [0.5, 0.6) is 5.75 Å². The lowest BCUT2D eigenvalue weighted by atomic mass is 9.98. The van der Waals surface area contributed by atoms with Crippen LogP contribution in [0.1, 0.15) is 24.2 Å². The van der Waals surface area contributed by atoms with Gasteiger partial charge in [-0.25, -0.2) is 13.4 Å². The standard InChI is InChI=1S/C26H27N3O5S2/c1-18-6-3-9-23-24(18)27-26(35-23)29(17-21-8-5-15-34-21)25(30)19-7-4-14-28(16-19)36(31,32)22-12-10-20(33-2)11-13-22/h3,5-6,8-13,15,19H,4,7,14,16-17H2,1-2H3. The number of anilines is 1. The summed E-state index contributed by atoms with van der Waals surface area (Å²) in [6, 6.07) is 15.9. The first-order valence-corrected chi connectivity index (χ1v) is 14.0. The molecule has 1 saturated heterocycles. The summed E-state index contributed by atoms with van der Waals surface area (Å²) in [5, 5.41) is 0.579. The van der Waals surface area contributed by atoms with E-state index >= 15 is 0 Å². The van der Waals surface area contributed by atoms with Crippen LogP contribution < -0.4 is 9.64 Å². The molecule has 0 saturated carbocycles. The van der Waals surface area contributed by atoms with E-state index in [-0.39, 0.29) is 23.9 Å². The van der Waals surface area contributed by atoms with Gasteiger partial charge in [-0.2, -0.15) is 4.31 Å². The second-order valence-electron chi connectivity index (χ2n) is 8.80. The second-order valence-corrected chi connectivity index (χ2v) is 11.7. The van der Waals surface area contributed by atoms with Gasteiger partial charge in [0.15, 0.2) is 5.13 Å². The lowest BCUT2D eigenvalue weighted by molar-refractivity contribution is -0.123. The molecule has 0 bridgehead atoms. The van der Waals surface area contributed by atoms with Crippen LogP contribution in [0.15, 0.2) is 70.2 Å². The number of hydrogen-bond acceptors (Lipinski definition) is 7. The number of benzene rings is 2. The van der Waals surface area contributed by atoms with Gasteiger partial charge < -0.3 is 9.15 Å². The number of rotatable bonds is 7. The first-order valence-electron chi connectivity index (χ1n) is 11.7. The zero-order valence-corrected chi connectivity index (χ0v) is 21.7. The van der Waals surface area contributed by atoms with Crippen LogP contribution in [0.3, 0.4) is 0 Å². The normalized spacial score (nSPS) is 16.8. The molecule has 1 amide bonds. The average Bonchev–Trinajstić information content (AvgIpc) is 3.57. The van der Waals surface area contributed by atoms with Crippen molar-refractivity contribution in [3.63, 3.8) is 0 Å². The van der Waals surface area contributed by atoms with Crippen molar-refractivity contribution in [3.8, 4) is 5.75 Å². The average molecular weight is 526 g/mol. The second kappa shape index (κ2) is 10.0. The van der Waals surface area contributed by atoms with Crippen molar-refractivity contribution in [2.24, 2.45) is 5.92 Å². The maximum Gasteiger partial charge on any atom is 0.243 e. The molecule has 36 heavy (non-hydrogen) atoms. The number of sulfonamides is 1. The smallest absolute Gasteiger partial charge is 0.243 e. The molecule has 0 aliphatic carbocycles. The first kappa shape index (κ1) is 24.5. The molecule has 0 radical (unpaired) electrons. The molecule has 1 unspecified atom stereocenters. The number of thiazole rings is 1. The van der Waals surface area contributed by atoms with Gasteiger partial charge in [-0.15, -0.1) is 0 Å². The molecule has 2 aromatic carbocycles. The van der Waals surface area contributed by atoms with Gasteiger partial charge in [-0.3, -0.25) is 9.69 Å². The van der Waals surface area contributed by atoms with Crippen molar-refractivity contribution < 1.29 is 22.4 Å². The lowest BCUT2D eigenvalue weighted by Gasteiger charge is -2.33. The lowest BCUT2D eigenvalue weighted by Crippen LogP contribution is -2.46. The number of carbonyl (C=O) groups excluding carboxylic acids is 1. The third-order valence-corrected chi connectivity index (χ3v) is 9.35. The van der Waals surface area contributed by atoms with Crippen molar-refractivity contribution in [1.29, 1.82) is 0 Å². The number of aromatic nitrogens is 1. The molecular weight excluding hydrogens is 498 g/mol. The minimum Gasteiger partial charge on any atom is -0.497 e. The van der Waals surface area contributed by atoms with Crippen LogP contribution in [-0.2, 0) is 21.4 Å². The fourth-order valence-corrected chi connectivity index (χ4v) is 7.04. The maximum absolute atomic E-state index is 13.9. The number of para-hydroxylation sites is 1. The molecule has 3 heterocycles. The summed E-state index contributed by atoms with van der Waals surface area (Å²) in [5.41, 5.74) is 1.90. The van der Waals surface area contributed by atoms with Crippen molar-refractivity contribution in [1.82, 2.24) is 9.29 Å². The third kappa shape index (κ3) is 4.76. The van der Waals surface area contributed by atoms with Crippen LogP contribution in [-0.4, -0.2) is 43.8 Å². The van der Waals surface area contributed by atoms with Crippen molar-refractivity contribution in [2.45, 2.75) is 31.2 Å². The van der Waals surface area contributed by atoms with E-state index in [1.807, 2.05) is 31.2 Å². The number of nitrogens with zero attached hydrogens (tertiary/aromatic N) is 3. The Bertz CT molecular complexity index is 1460. The van der Waals surface area contributed by atoms with Crippen molar-refractivity contribution >= 4 is 42.6 Å². The topological polar surface area (TPSA) is 93.0 Å². The number of fused-ring (bicyclic) bond motifs is 1. The van der Waals surface area contributed by atoms with E-state index < -0.39 is 15.9 Å². The summed E-state index contributed by atoms with van der Waals surface area (Å²) in [6.45, 7) is 2.71. The maximum atomic E-state index is 13.9. The summed E-state index contributed by atoms with van der Waals surface area (Å²) in [5.74, 6) is 0.575. The molecular formula is C26H27N3O5S2. The molecule has 0 N–H and O–H groups in total. The van der Waals surface area contributed by atoms with Crippen LogP contribution in [0.25, 0.3) is 10.2 Å². The minimum absolute atomic E-state index is 0.117. The monoisotopic (exact) mass is 525 g/mol. The van der Waals surface area contributed by atoms with E-state index in [9.17, 15) is 13.2 Å². The summed E-state index contributed by atoms with van der Waals surface area (Å²) < 4.78 is 39.8. The molecule has 1 atom stereocenters. The number of aryl methyl sites for hydroxylation is 1. The molecule has 5 rings (SSSR count). The van der Waals surface area contributed by atoms with Gasteiger partial charge in [0.2, 0.25) is 15.9 Å². The number of methoxy groups -OCH3 is 1. The Morgan fingerprint density at radius 3 is 2.69 bits per heavy atom. The molecule has 4 aromatic rings. The Balaban J connectivity index is 1.43. The molecule has 2 aromatic heterocycles. The fraction of sp³-hybridized carbons (Fsp3) is 0.308. The number of ether oxygens (including phenoxy) is 1. The summed E-state index contributed by atoms with van der Waals surface area (Å²) in [6.07, 6.45) is 2.77. The highest BCUT2D eigenvalue weighted by atomic mass is 32.2. The third-order valence-electron chi connectivity index (χ3n) is 6.43. The number of piperidine rings is 1. The van der Waals surface area contributed by atoms with Gasteiger partial charge in [-0.05, 0) is 67.8 Å². The molecule has 1 aliphatic rings. The van der Waals surface area contributed by atoms with Gasteiger partial charge in [0.05, 0.1) is 40.9 Å². The predicted molar refractivity (Wildman–Crippen MR) is 139 cm³/mol. The molecule has 8 nitrogen and oxygen atoms in total. The van der Waals surface area contributed by atoms with Gasteiger partial charge in [0.25, 0.3) is 0 Å². The quantitative estimate of drug-likeness (QED) is 0.343. The number of hydrogen-bond donors (Lipinski definition) is 0. The van der Waals surface area contributed by atoms with Crippen molar-refractivity contribution in [2.75, 3.05) is 25.1 Å². The van der Waals surface area contributed by atoms with Gasteiger partial charge in [0, 0.05) is 13.1 Å². The fourth-order valence-electron chi connectivity index (χ4n) is 4.47. The summed E-state index contributed by atoms with van der Waals surface area (Å²) in [4.78, 5) is 20.5. The van der Waals surface area contributed by atoms with Crippen LogP contribution in [0.2, 0.25) is 0 Å². The van der Waals surface area contributed by atoms with Gasteiger partial charge in [-0.1, -0.05) is 23.5 Å². The molecule has 188 valence electrons. The number of amides is 1. The predicted octanol–water partition coefficient (Wildman–Crippen LogP) is 4.84. The van der Waals surface area contributed by atoms with Gasteiger partial charge in [0.1, 0.15) is 11.5 Å². The highest BCUT2D eigenvalue weighted by Crippen LogP contribution is 2.34. The Morgan fingerprint density at radius 1 is 1.19 bits per heavy atom. The zero-order chi connectivity index (χ0) is 25.3. The van der Waals surface area contributed by atoms with E-state index in [2.05, 4.69) is 0 Å². The van der Waals surface area contributed by atoms with E-state index in [1.54, 1.807) is 29.4 Å². The molecule has 10 heteroatoms. The minimum atomic E-state index is -3.74. The van der Waals surface area contributed by atoms with Crippen LogP contribution in [0.4, 0.5) is 5.13 Å². The largest absolute Gasteiger partial charge is 0.497 e. The van der Waals surface area contributed by atoms with E-state index in [0.717, 1.165) is 15.8 Å². The number of carbonyl (C=O) groups is 1. The Hall–Kier alpha value is -3.21. The van der Waals surface area contributed by atoms with Crippen molar-refractivity contribution in [3.05, 3.63) is 72.2 Å². The molecule has 0 spiro atoms. The van der Waals surface area contributed by atoms with Crippen LogP contribution >= 0.6 is 11.3 Å². The van der Waals surface area contributed by atoms with E-state index in [1.165, 1.54) is 34.9 Å². The van der Waals surface area contributed by atoms with E-state index in [0.29, 0.717) is 36.0 Å².